The summed E-state index contributed by atoms with van der Waals surface area (Å²) in [7, 11) is 0. The fourth-order valence-corrected chi connectivity index (χ4v) is 2.30. The zero-order valence-corrected chi connectivity index (χ0v) is 11.2. The van der Waals surface area contributed by atoms with Crippen molar-refractivity contribution in [3.8, 4) is 5.75 Å². The number of carbonyl (C=O) groups is 1. The Morgan fingerprint density at radius 1 is 1.39 bits per heavy atom. The molecule has 3 nitrogen and oxygen atoms in total. The first-order chi connectivity index (χ1) is 8.70. The number of hydrogen-bond donors (Lipinski definition) is 0. The van der Waals surface area contributed by atoms with Crippen LogP contribution in [0.3, 0.4) is 0 Å². The van der Waals surface area contributed by atoms with E-state index in [2.05, 4.69) is 0 Å². The number of carbonyl (C=O) groups excluding carboxylic acids is 1. The van der Waals surface area contributed by atoms with Crippen molar-refractivity contribution in [2.75, 3.05) is 13.1 Å². The second kappa shape index (κ2) is 5.89. The largest absolute Gasteiger partial charge is 0.481 e. The summed E-state index contributed by atoms with van der Waals surface area (Å²) in [6, 6.07) is 7.86. The van der Waals surface area contributed by atoms with E-state index in [0.29, 0.717) is 6.42 Å². The van der Waals surface area contributed by atoms with Gasteiger partial charge in [0, 0.05) is 13.1 Å². The lowest BCUT2D eigenvalue weighted by atomic mass is 10.2. The number of benzene rings is 1. The highest BCUT2D eigenvalue weighted by Crippen LogP contribution is 2.18. The molecule has 0 spiro atoms. The van der Waals surface area contributed by atoms with Gasteiger partial charge in [0.25, 0.3) is 5.91 Å². The average molecular weight is 247 g/mol. The first-order valence-electron chi connectivity index (χ1n) is 6.73. The van der Waals surface area contributed by atoms with Gasteiger partial charge in [-0.1, -0.05) is 19.1 Å². The molecule has 1 saturated heterocycles. The number of rotatable bonds is 4. The normalized spacial score (nSPS) is 16.7. The quantitative estimate of drug-likeness (QED) is 0.818. The van der Waals surface area contributed by atoms with Crippen molar-refractivity contribution >= 4 is 5.91 Å². The maximum absolute atomic E-state index is 12.3. The first kappa shape index (κ1) is 12.9. The van der Waals surface area contributed by atoms with E-state index in [0.717, 1.165) is 37.2 Å². The molecule has 1 heterocycles. The van der Waals surface area contributed by atoms with Crippen molar-refractivity contribution in [1.82, 2.24) is 4.90 Å². The number of likely N-dealkylation sites (tertiary alicyclic amines) is 1. The highest BCUT2D eigenvalue weighted by Gasteiger charge is 2.26. The SMILES string of the molecule is CCC(Oc1cccc(C)c1)C(=O)N1CCCC1. The predicted octanol–water partition coefficient (Wildman–Crippen LogP) is 2.77. The third-order valence-electron chi connectivity index (χ3n) is 3.33. The van der Waals surface area contributed by atoms with Gasteiger partial charge in [-0.25, -0.2) is 0 Å². The summed E-state index contributed by atoms with van der Waals surface area (Å²) in [4.78, 5) is 14.2. The monoisotopic (exact) mass is 247 g/mol. The molecule has 1 atom stereocenters. The van der Waals surface area contributed by atoms with Gasteiger partial charge in [0.05, 0.1) is 0 Å². The summed E-state index contributed by atoms with van der Waals surface area (Å²) in [6.45, 7) is 5.78. The Labute approximate surface area is 109 Å². The van der Waals surface area contributed by atoms with Crippen LogP contribution in [0, 0.1) is 6.92 Å². The molecule has 2 rings (SSSR count). The van der Waals surface area contributed by atoms with Gasteiger partial charge >= 0.3 is 0 Å². The van der Waals surface area contributed by atoms with Gasteiger partial charge in [0.1, 0.15) is 5.75 Å². The van der Waals surface area contributed by atoms with E-state index in [4.69, 9.17) is 4.74 Å². The second-order valence-corrected chi connectivity index (χ2v) is 4.86. The Hall–Kier alpha value is -1.51. The van der Waals surface area contributed by atoms with Gasteiger partial charge in [0.15, 0.2) is 6.10 Å². The molecular weight excluding hydrogens is 226 g/mol. The Morgan fingerprint density at radius 3 is 2.72 bits per heavy atom. The molecule has 1 aromatic rings. The zero-order chi connectivity index (χ0) is 13.0. The Bertz CT molecular complexity index is 411. The Morgan fingerprint density at radius 2 is 2.11 bits per heavy atom. The van der Waals surface area contributed by atoms with Gasteiger partial charge in [-0.05, 0) is 43.9 Å². The van der Waals surface area contributed by atoms with Gasteiger partial charge in [-0.3, -0.25) is 4.79 Å². The van der Waals surface area contributed by atoms with E-state index in [1.165, 1.54) is 0 Å². The molecule has 1 aliphatic rings. The van der Waals surface area contributed by atoms with Crippen molar-refractivity contribution in [2.45, 2.75) is 39.2 Å². The minimum atomic E-state index is -0.343. The van der Waals surface area contributed by atoms with Crippen molar-refractivity contribution in [3.05, 3.63) is 29.8 Å². The lowest BCUT2D eigenvalue weighted by Crippen LogP contribution is -2.40. The summed E-state index contributed by atoms with van der Waals surface area (Å²) < 4.78 is 5.83. The third-order valence-corrected chi connectivity index (χ3v) is 3.33. The van der Waals surface area contributed by atoms with Crippen LogP contribution in [0.25, 0.3) is 0 Å². The van der Waals surface area contributed by atoms with E-state index in [1.807, 2.05) is 43.0 Å². The fraction of sp³-hybridized carbons (Fsp3) is 0.533. The summed E-state index contributed by atoms with van der Waals surface area (Å²) in [5.41, 5.74) is 1.15. The number of aryl methyl sites for hydroxylation is 1. The lowest BCUT2D eigenvalue weighted by molar-refractivity contribution is -0.137. The van der Waals surface area contributed by atoms with Gasteiger partial charge in [0.2, 0.25) is 0 Å². The number of amides is 1. The van der Waals surface area contributed by atoms with Crippen LogP contribution in [0.2, 0.25) is 0 Å². The summed E-state index contributed by atoms with van der Waals surface area (Å²) in [6.07, 6.45) is 2.60. The first-order valence-corrected chi connectivity index (χ1v) is 6.73. The van der Waals surface area contributed by atoms with E-state index in [1.54, 1.807) is 0 Å². The highest BCUT2D eigenvalue weighted by atomic mass is 16.5. The minimum absolute atomic E-state index is 0.136. The van der Waals surface area contributed by atoms with Gasteiger partial charge in [-0.15, -0.1) is 0 Å². The molecule has 0 saturated carbocycles. The maximum atomic E-state index is 12.3. The van der Waals surface area contributed by atoms with E-state index in [9.17, 15) is 4.79 Å². The summed E-state index contributed by atoms with van der Waals surface area (Å²) in [5, 5.41) is 0. The van der Waals surface area contributed by atoms with Crippen molar-refractivity contribution < 1.29 is 9.53 Å². The topological polar surface area (TPSA) is 29.5 Å². The summed E-state index contributed by atoms with van der Waals surface area (Å²) in [5.74, 6) is 0.922. The molecule has 0 aliphatic carbocycles. The minimum Gasteiger partial charge on any atom is -0.481 e. The Kier molecular flexibility index (Phi) is 4.24. The van der Waals surface area contributed by atoms with Crippen molar-refractivity contribution in [3.63, 3.8) is 0 Å². The molecule has 3 heteroatoms. The van der Waals surface area contributed by atoms with Crippen molar-refractivity contribution in [1.29, 1.82) is 0 Å². The molecule has 1 unspecified atom stereocenters. The van der Waals surface area contributed by atoms with Crippen LogP contribution in [0.5, 0.6) is 5.75 Å². The maximum Gasteiger partial charge on any atom is 0.263 e. The molecule has 98 valence electrons. The number of nitrogens with zero attached hydrogens (tertiary/aromatic N) is 1. The average Bonchev–Trinajstić information content (AvgIpc) is 2.89. The predicted molar refractivity (Wildman–Crippen MR) is 71.7 cm³/mol. The van der Waals surface area contributed by atoms with E-state index < -0.39 is 0 Å². The van der Waals surface area contributed by atoms with Crippen LogP contribution >= 0.6 is 0 Å². The fourth-order valence-electron chi connectivity index (χ4n) is 2.30. The van der Waals surface area contributed by atoms with Crippen LogP contribution < -0.4 is 4.74 Å². The molecule has 1 aliphatic heterocycles. The molecule has 1 fully saturated rings. The molecule has 0 aromatic heterocycles. The third kappa shape index (κ3) is 3.03. The van der Waals surface area contributed by atoms with Crippen LogP contribution in [-0.4, -0.2) is 30.0 Å². The zero-order valence-electron chi connectivity index (χ0n) is 11.2. The molecule has 18 heavy (non-hydrogen) atoms. The molecule has 0 N–H and O–H groups in total. The van der Waals surface area contributed by atoms with E-state index >= 15 is 0 Å². The number of hydrogen-bond acceptors (Lipinski definition) is 2. The number of ether oxygens (including phenoxy) is 1. The molecular formula is C15H21NO2. The highest BCUT2D eigenvalue weighted by molar-refractivity contribution is 5.81. The van der Waals surface area contributed by atoms with Crippen LogP contribution in [0.4, 0.5) is 0 Å². The van der Waals surface area contributed by atoms with Crippen LogP contribution in [0.15, 0.2) is 24.3 Å². The van der Waals surface area contributed by atoms with Gasteiger partial charge in [-0.2, -0.15) is 0 Å². The van der Waals surface area contributed by atoms with Gasteiger partial charge < -0.3 is 9.64 Å². The summed E-state index contributed by atoms with van der Waals surface area (Å²) >= 11 is 0. The standard InChI is InChI=1S/C15H21NO2/c1-3-14(15(17)16-9-4-5-10-16)18-13-8-6-7-12(2)11-13/h6-8,11,14H,3-5,9-10H2,1-2H3. The van der Waals surface area contributed by atoms with Crippen molar-refractivity contribution in [2.24, 2.45) is 0 Å². The molecule has 0 radical (unpaired) electrons. The lowest BCUT2D eigenvalue weighted by Gasteiger charge is -2.23. The molecule has 1 amide bonds. The van der Waals surface area contributed by atoms with Crippen LogP contribution in [0.1, 0.15) is 31.7 Å². The molecule has 1 aromatic carbocycles. The molecule has 0 bridgehead atoms. The van der Waals surface area contributed by atoms with E-state index in [-0.39, 0.29) is 12.0 Å². The smallest absolute Gasteiger partial charge is 0.263 e. The Balaban J connectivity index is 2.02. The second-order valence-electron chi connectivity index (χ2n) is 4.86. The van der Waals surface area contributed by atoms with Crippen LogP contribution in [-0.2, 0) is 4.79 Å².